The summed E-state index contributed by atoms with van der Waals surface area (Å²) in [4.78, 5) is 0.121. The van der Waals surface area contributed by atoms with Crippen LogP contribution in [0.2, 0.25) is 5.02 Å². The molecule has 0 bridgehead atoms. The van der Waals surface area contributed by atoms with E-state index in [1.807, 2.05) is 0 Å². The Labute approximate surface area is 133 Å². The smallest absolute Gasteiger partial charge is 0.261 e. The van der Waals surface area contributed by atoms with E-state index in [2.05, 4.69) is 10.0 Å². The fourth-order valence-electron chi connectivity index (χ4n) is 1.63. The summed E-state index contributed by atoms with van der Waals surface area (Å²) in [7, 11) is -3.68. The average Bonchev–Trinajstić information content (AvgIpc) is 2.38. The lowest BCUT2D eigenvalue weighted by atomic mass is 10.3. The number of nitrogens with one attached hydrogen (secondary N) is 2. The minimum atomic E-state index is -3.68. The molecule has 0 aliphatic carbocycles. The Kier molecular flexibility index (Phi) is 4.66. The molecular formula is C13H12ClN3O2S2. The molecule has 0 unspecified atom stereocenters. The first-order valence-electron chi connectivity index (χ1n) is 5.82. The highest BCUT2D eigenvalue weighted by Crippen LogP contribution is 2.20. The predicted molar refractivity (Wildman–Crippen MR) is 89.1 cm³/mol. The zero-order chi connectivity index (χ0) is 15.5. The molecular weight excluding hydrogens is 330 g/mol. The van der Waals surface area contributed by atoms with Crippen LogP contribution in [0.1, 0.15) is 0 Å². The molecule has 2 rings (SSSR count). The summed E-state index contributed by atoms with van der Waals surface area (Å²) in [5.74, 6) is 0. The number of benzene rings is 2. The van der Waals surface area contributed by atoms with Crippen LogP contribution in [0.4, 0.5) is 11.4 Å². The lowest BCUT2D eigenvalue weighted by molar-refractivity contribution is 0.601. The Morgan fingerprint density at radius 3 is 2.33 bits per heavy atom. The lowest BCUT2D eigenvalue weighted by Crippen LogP contribution is -2.19. The van der Waals surface area contributed by atoms with Gasteiger partial charge in [-0.2, -0.15) is 0 Å². The highest BCUT2D eigenvalue weighted by molar-refractivity contribution is 7.92. The highest BCUT2D eigenvalue weighted by atomic mass is 35.5. The van der Waals surface area contributed by atoms with Gasteiger partial charge in [-0.25, -0.2) is 8.42 Å². The zero-order valence-electron chi connectivity index (χ0n) is 10.7. The number of rotatable bonds is 4. The van der Waals surface area contributed by atoms with Crippen molar-refractivity contribution in [2.75, 3.05) is 10.0 Å². The number of thiocarbonyl (C=S) groups is 1. The number of anilines is 2. The van der Waals surface area contributed by atoms with Crippen LogP contribution in [-0.2, 0) is 10.0 Å². The van der Waals surface area contributed by atoms with Crippen molar-refractivity contribution in [3.05, 3.63) is 53.6 Å². The summed E-state index contributed by atoms with van der Waals surface area (Å²) in [5.41, 5.74) is 6.35. The molecule has 0 aliphatic rings. The fraction of sp³-hybridized carbons (Fsp3) is 0. The van der Waals surface area contributed by atoms with Crippen molar-refractivity contribution < 1.29 is 8.42 Å². The van der Waals surface area contributed by atoms with E-state index in [9.17, 15) is 8.42 Å². The molecule has 0 atom stereocenters. The van der Waals surface area contributed by atoms with Gasteiger partial charge >= 0.3 is 0 Å². The third-order valence-electron chi connectivity index (χ3n) is 2.51. The Hall–Kier alpha value is -1.83. The maximum atomic E-state index is 12.2. The first kappa shape index (κ1) is 15.6. The number of hydrogen-bond acceptors (Lipinski definition) is 3. The van der Waals surface area contributed by atoms with E-state index >= 15 is 0 Å². The van der Waals surface area contributed by atoms with Crippen LogP contribution in [-0.4, -0.2) is 13.5 Å². The topological polar surface area (TPSA) is 84.2 Å². The second-order valence-corrected chi connectivity index (χ2v) is 6.69. The molecule has 0 spiro atoms. The number of hydrogen-bond donors (Lipinski definition) is 3. The molecule has 5 nitrogen and oxygen atoms in total. The van der Waals surface area contributed by atoms with Gasteiger partial charge in [0.1, 0.15) is 0 Å². The van der Waals surface area contributed by atoms with Gasteiger partial charge < -0.3 is 11.1 Å². The second-order valence-electron chi connectivity index (χ2n) is 4.13. The quantitative estimate of drug-likeness (QED) is 0.745. The van der Waals surface area contributed by atoms with Crippen LogP contribution in [0.5, 0.6) is 0 Å². The molecule has 0 aromatic heterocycles. The SMILES string of the molecule is NC(=S)Nc1ccc(S(=O)(=O)Nc2cccc(Cl)c2)cc1. The summed E-state index contributed by atoms with van der Waals surface area (Å²) in [6, 6.07) is 12.5. The summed E-state index contributed by atoms with van der Waals surface area (Å²) in [6.45, 7) is 0. The summed E-state index contributed by atoms with van der Waals surface area (Å²) >= 11 is 10.5. The molecule has 0 heterocycles. The van der Waals surface area contributed by atoms with Crippen LogP contribution >= 0.6 is 23.8 Å². The first-order chi connectivity index (χ1) is 9.87. The van der Waals surface area contributed by atoms with E-state index in [0.717, 1.165) is 0 Å². The molecule has 0 saturated heterocycles. The van der Waals surface area contributed by atoms with E-state index in [0.29, 0.717) is 16.4 Å². The molecule has 8 heteroatoms. The molecule has 0 radical (unpaired) electrons. The van der Waals surface area contributed by atoms with Gasteiger partial charge in [-0.05, 0) is 54.7 Å². The van der Waals surface area contributed by atoms with Crippen molar-refractivity contribution in [1.29, 1.82) is 0 Å². The maximum Gasteiger partial charge on any atom is 0.261 e. The van der Waals surface area contributed by atoms with E-state index in [-0.39, 0.29) is 10.0 Å². The molecule has 2 aromatic carbocycles. The van der Waals surface area contributed by atoms with Crippen molar-refractivity contribution in [3.63, 3.8) is 0 Å². The van der Waals surface area contributed by atoms with Crippen LogP contribution in [0, 0.1) is 0 Å². The molecule has 21 heavy (non-hydrogen) atoms. The maximum absolute atomic E-state index is 12.2. The molecule has 2 aromatic rings. The number of sulfonamides is 1. The fourth-order valence-corrected chi connectivity index (χ4v) is 2.98. The van der Waals surface area contributed by atoms with Gasteiger partial charge in [-0.15, -0.1) is 0 Å². The Bertz CT molecular complexity index is 761. The van der Waals surface area contributed by atoms with Gasteiger partial charge in [0, 0.05) is 10.7 Å². The van der Waals surface area contributed by atoms with Crippen molar-refractivity contribution >= 4 is 50.3 Å². The number of halogens is 1. The standard InChI is InChI=1S/C13H12ClN3O2S2/c14-9-2-1-3-11(8-9)17-21(18,19)12-6-4-10(5-7-12)16-13(15)20/h1-8,17H,(H3,15,16,20). The zero-order valence-corrected chi connectivity index (χ0v) is 13.1. The van der Waals surface area contributed by atoms with Crippen LogP contribution < -0.4 is 15.8 Å². The van der Waals surface area contributed by atoms with Gasteiger partial charge in [0.25, 0.3) is 10.0 Å². The third-order valence-corrected chi connectivity index (χ3v) is 4.24. The minimum Gasteiger partial charge on any atom is -0.376 e. The molecule has 0 amide bonds. The monoisotopic (exact) mass is 341 g/mol. The summed E-state index contributed by atoms with van der Waals surface area (Å²) < 4.78 is 26.9. The lowest BCUT2D eigenvalue weighted by Gasteiger charge is -2.09. The van der Waals surface area contributed by atoms with E-state index < -0.39 is 10.0 Å². The Morgan fingerprint density at radius 2 is 1.76 bits per heavy atom. The number of nitrogens with two attached hydrogens (primary N) is 1. The predicted octanol–water partition coefficient (Wildman–Crippen LogP) is 2.80. The summed E-state index contributed by atoms with van der Waals surface area (Å²) in [5, 5.41) is 3.28. The second kappa shape index (κ2) is 6.30. The average molecular weight is 342 g/mol. The van der Waals surface area contributed by atoms with Crippen molar-refractivity contribution in [3.8, 4) is 0 Å². The van der Waals surface area contributed by atoms with Gasteiger partial charge in [0.2, 0.25) is 0 Å². The van der Waals surface area contributed by atoms with Crippen LogP contribution in [0.3, 0.4) is 0 Å². The molecule has 0 fully saturated rings. The van der Waals surface area contributed by atoms with E-state index in [4.69, 9.17) is 29.6 Å². The van der Waals surface area contributed by atoms with E-state index in [1.165, 1.54) is 18.2 Å². The highest BCUT2D eigenvalue weighted by Gasteiger charge is 2.14. The Morgan fingerprint density at radius 1 is 1.10 bits per heavy atom. The van der Waals surface area contributed by atoms with Crippen LogP contribution in [0.25, 0.3) is 0 Å². The van der Waals surface area contributed by atoms with Gasteiger partial charge in [0.15, 0.2) is 5.11 Å². The van der Waals surface area contributed by atoms with Crippen molar-refractivity contribution in [2.45, 2.75) is 4.90 Å². The van der Waals surface area contributed by atoms with Crippen LogP contribution in [0.15, 0.2) is 53.4 Å². The van der Waals surface area contributed by atoms with Gasteiger partial charge in [-0.3, -0.25) is 4.72 Å². The van der Waals surface area contributed by atoms with E-state index in [1.54, 1.807) is 30.3 Å². The molecule has 0 aliphatic heterocycles. The normalized spacial score (nSPS) is 10.9. The minimum absolute atomic E-state index is 0.114. The van der Waals surface area contributed by atoms with Crippen molar-refractivity contribution in [2.24, 2.45) is 5.73 Å². The molecule has 110 valence electrons. The first-order valence-corrected chi connectivity index (χ1v) is 8.09. The molecule has 0 saturated carbocycles. The van der Waals surface area contributed by atoms with Gasteiger partial charge in [-0.1, -0.05) is 17.7 Å². The third kappa shape index (κ3) is 4.32. The van der Waals surface area contributed by atoms with Gasteiger partial charge in [0.05, 0.1) is 10.6 Å². The largest absolute Gasteiger partial charge is 0.376 e. The Balaban J connectivity index is 2.21. The summed E-state index contributed by atoms with van der Waals surface area (Å²) in [6.07, 6.45) is 0. The van der Waals surface area contributed by atoms with Crippen molar-refractivity contribution in [1.82, 2.24) is 0 Å². The molecule has 4 N–H and O–H groups in total.